The number of ether oxygens (including phenoxy) is 1. The Balaban J connectivity index is 1.11. The van der Waals surface area contributed by atoms with Gasteiger partial charge < -0.3 is 20.4 Å². The van der Waals surface area contributed by atoms with Crippen LogP contribution in [-0.4, -0.2) is 29.2 Å². The minimum absolute atomic E-state index is 0.418. The Morgan fingerprint density at radius 3 is 2.88 bits per heavy atom. The molecule has 0 unspecified atom stereocenters. The quantitative estimate of drug-likeness (QED) is 0.336. The fourth-order valence-corrected chi connectivity index (χ4v) is 4.46. The molecule has 32 heavy (non-hydrogen) atoms. The minimum atomic E-state index is -0.418. The lowest BCUT2D eigenvalue weighted by Gasteiger charge is -2.21. The van der Waals surface area contributed by atoms with E-state index in [1.807, 2.05) is 24.4 Å². The average Bonchev–Trinajstić information content (AvgIpc) is 3.28. The van der Waals surface area contributed by atoms with E-state index in [2.05, 4.69) is 39.9 Å². The number of aromatic amines is 1. The first-order valence-electron chi connectivity index (χ1n) is 11.4. The predicted octanol–water partition coefficient (Wildman–Crippen LogP) is 5.58. The molecule has 0 radical (unpaired) electrons. The van der Waals surface area contributed by atoms with E-state index in [0.717, 1.165) is 48.6 Å². The minimum Gasteiger partial charge on any atom is -0.410 e. The number of pyridine rings is 1. The largest absolute Gasteiger partial charge is 0.412 e. The molecule has 0 atom stereocenters. The summed E-state index contributed by atoms with van der Waals surface area (Å²) >= 11 is 0. The number of unbranched alkanes of at least 4 members (excludes halogenated alkanes) is 1. The van der Waals surface area contributed by atoms with Gasteiger partial charge in [-0.25, -0.2) is 4.79 Å². The van der Waals surface area contributed by atoms with Crippen molar-refractivity contribution in [3.05, 3.63) is 66.0 Å². The zero-order valence-electron chi connectivity index (χ0n) is 18.1. The first-order chi connectivity index (χ1) is 15.8. The SMILES string of the molecule is O=C(NCCCCNc1c2c(nc3ccccc13)CCCC2)Oc1ccc2cc[nH]c2c1. The zero-order valence-corrected chi connectivity index (χ0v) is 18.1. The number of para-hydroxylation sites is 1. The van der Waals surface area contributed by atoms with Crippen molar-refractivity contribution in [1.82, 2.24) is 15.3 Å². The van der Waals surface area contributed by atoms with Crippen molar-refractivity contribution in [2.45, 2.75) is 38.5 Å². The van der Waals surface area contributed by atoms with Crippen LogP contribution in [-0.2, 0) is 12.8 Å². The molecule has 5 rings (SSSR count). The first-order valence-corrected chi connectivity index (χ1v) is 11.4. The molecular formula is C26H28N4O2. The summed E-state index contributed by atoms with van der Waals surface area (Å²) in [5.41, 5.74) is 5.90. The number of carbonyl (C=O) groups is 1. The third-order valence-electron chi connectivity index (χ3n) is 6.08. The Morgan fingerprint density at radius 1 is 1.03 bits per heavy atom. The normalized spacial score (nSPS) is 13.1. The number of aryl methyl sites for hydroxylation is 1. The molecule has 0 spiro atoms. The number of nitrogens with one attached hydrogen (secondary N) is 3. The molecule has 2 heterocycles. The molecule has 0 saturated heterocycles. The summed E-state index contributed by atoms with van der Waals surface area (Å²) in [5.74, 6) is 0.536. The number of benzene rings is 2. The number of hydrogen-bond acceptors (Lipinski definition) is 4. The summed E-state index contributed by atoms with van der Waals surface area (Å²) in [4.78, 5) is 20.1. The van der Waals surface area contributed by atoms with Crippen molar-refractivity contribution in [3.8, 4) is 5.75 Å². The van der Waals surface area contributed by atoms with Gasteiger partial charge in [-0.15, -0.1) is 0 Å². The molecule has 164 valence electrons. The highest BCUT2D eigenvalue weighted by Gasteiger charge is 2.17. The highest BCUT2D eigenvalue weighted by atomic mass is 16.6. The second-order valence-electron chi connectivity index (χ2n) is 8.31. The summed E-state index contributed by atoms with van der Waals surface area (Å²) < 4.78 is 5.39. The molecule has 2 aromatic carbocycles. The van der Waals surface area contributed by atoms with Gasteiger partial charge in [0.2, 0.25) is 0 Å². The van der Waals surface area contributed by atoms with E-state index in [9.17, 15) is 4.79 Å². The zero-order chi connectivity index (χ0) is 21.8. The molecule has 0 bridgehead atoms. The van der Waals surface area contributed by atoms with E-state index in [4.69, 9.17) is 9.72 Å². The van der Waals surface area contributed by atoms with Gasteiger partial charge >= 0.3 is 6.09 Å². The fraction of sp³-hybridized carbons (Fsp3) is 0.308. The van der Waals surface area contributed by atoms with Crippen molar-refractivity contribution in [2.24, 2.45) is 0 Å². The van der Waals surface area contributed by atoms with Crippen molar-refractivity contribution in [2.75, 3.05) is 18.4 Å². The smallest absolute Gasteiger partial charge is 0.410 e. The van der Waals surface area contributed by atoms with Gasteiger partial charge in [-0.1, -0.05) is 18.2 Å². The van der Waals surface area contributed by atoms with Crippen LogP contribution in [0.25, 0.3) is 21.8 Å². The van der Waals surface area contributed by atoms with Crippen LogP contribution in [0.4, 0.5) is 10.5 Å². The van der Waals surface area contributed by atoms with Crippen LogP contribution < -0.4 is 15.4 Å². The molecule has 0 saturated carbocycles. The van der Waals surface area contributed by atoms with Crippen molar-refractivity contribution in [3.63, 3.8) is 0 Å². The molecular weight excluding hydrogens is 400 g/mol. The fourth-order valence-electron chi connectivity index (χ4n) is 4.46. The number of aromatic nitrogens is 2. The lowest BCUT2D eigenvalue weighted by atomic mass is 9.92. The van der Waals surface area contributed by atoms with Crippen LogP contribution in [0, 0.1) is 0 Å². The monoisotopic (exact) mass is 428 g/mol. The Labute approximate surface area is 187 Å². The number of nitrogens with zero attached hydrogens (tertiary/aromatic N) is 1. The van der Waals surface area contributed by atoms with E-state index >= 15 is 0 Å². The Bertz CT molecular complexity index is 1250. The van der Waals surface area contributed by atoms with Crippen LogP contribution in [0.5, 0.6) is 5.75 Å². The van der Waals surface area contributed by atoms with Gasteiger partial charge in [0.15, 0.2) is 0 Å². The molecule has 6 nitrogen and oxygen atoms in total. The third kappa shape index (κ3) is 4.40. The molecule has 1 aliphatic carbocycles. The summed E-state index contributed by atoms with van der Waals surface area (Å²) in [7, 11) is 0. The van der Waals surface area contributed by atoms with Crippen LogP contribution >= 0.6 is 0 Å². The molecule has 1 amide bonds. The Morgan fingerprint density at radius 2 is 1.91 bits per heavy atom. The molecule has 0 aliphatic heterocycles. The first kappa shape index (κ1) is 20.4. The number of hydrogen-bond donors (Lipinski definition) is 3. The number of carbonyl (C=O) groups excluding carboxylic acids is 1. The molecule has 1 aliphatic rings. The standard InChI is InChI=1S/C26H28N4O2/c31-26(32-19-12-11-18-13-16-27-24(18)17-19)29-15-6-5-14-28-25-20-7-1-3-9-22(20)30-23-10-4-2-8-21(23)25/h1,3,7,9,11-13,16-17,27H,2,4-6,8,10,14-15H2,(H,28,30)(H,29,31). The molecule has 2 aromatic heterocycles. The average molecular weight is 429 g/mol. The van der Waals surface area contributed by atoms with Gasteiger partial charge in [0.25, 0.3) is 0 Å². The molecule has 0 fully saturated rings. The third-order valence-corrected chi connectivity index (χ3v) is 6.08. The van der Waals surface area contributed by atoms with Gasteiger partial charge in [0.05, 0.1) is 5.52 Å². The summed E-state index contributed by atoms with van der Waals surface area (Å²) in [6.45, 7) is 1.45. The van der Waals surface area contributed by atoms with Gasteiger partial charge in [-0.05, 0) is 73.7 Å². The Kier molecular flexibility index (Phi) is 5.92. The van der Waals surface area contributed by atoms with E-state index in [0.29, 0.717) is 12.3 Å². The van der Waals surface area contributed by atoms with Crippen LogP contribution in [0.15, 0.2) is 54.7 Å². The van der Waals surface area contributed by atoms with E-state index in [1.165, 1.54) is 35.2 Å². The predicted molar refractivity (Wildman–Crippen MR) is 128 cm³/mol. The van der Waals surface area contributed by atoms with Crippen molar-refractivity contribution < 1.29 is 9.53 Å². The van der Waals surface area contributed by atoms with E-state index in [1.54, 1.807) is 6.07 Å². The van der Waals surface area contributed by atoms with Crippen molar-refractivity contribution in [1.29, 1.82) is 0 Å². The number of rotatable bonds is 7. The van der Waals surface area contributed by atoms with Crippen LogP contribution in [0.3, 0.4) is 0 Å². The second kappa shape index (κ2) is 9.30. The van der Waals surface area contributed by atoms with Gasteiger partial charge in [0.1, 0.15) is 5.75 Å². The summed E-state index contributed by atoms with van der Waals surface area (Å²) in [5, 5.41) is 8.81. The maximum atomic E-state index is 12.1. The summed E-state index contributed by atoms with van der Waals surface area (Å²) in [6.07, 6.45) is 7.90. The van der Waals surface area contributed by atoms with Gasteiger partial charge in [-0.2, -0.15) is 0 Å². The Hall–Kier alpha value is -3.54. The highest BCUT2D eigenvalue weighted by molar-refractivity contribution is 5.93. The van der Waals surface area contributed by atoms with Gasteiger partial charge in [0, 0.05) is 47.6 Å². The molecule has 3 N–H and O–H groups in total. The molecule has 4 aromatic rings. The number of H-pyrrole nitrogens is 1. The van der Waals surface area contributed by atoms with E-state index in [-0.39, 0.29) is 0 Å². The van der Waals surface area contributed by atoms with Crippen molar-refractivity contribution >= 4 is 33.6 Å². The number of anilines is 1. The molecule has 6 heteroatoms. The number of amides is 1. The van der Waals surface area contributed by atoms with Crippen LogP contribution in [0.2, 0.25) is 0 Å². The topological polar surface area (TPSA) is 79.0 Å². The van der Waals surface area contributed by atoms with Gasteiger partial charge in [-0.3, -0.25) is 4.98 Å². The highest BCUT2D eigenvalue weighted by Crippen LogP contribution is 2.33. The lowest BCUT2D eigenvalue weighted by molar-refractivity contribution is 0.200. The lowest BCUT2D eigenvalue weighted by Crippen LogP contribution is -2.28. The summed E-state index contributed by atoms with van der Waals surface area (Å²) in [6, 6.07) is 15.9. The maximum absolute atomic E-state index is 12.1. The maximum Gasteiger partial charge on any atom is 0.412 e. The van der Waals surface area contributed by atoms with Crippen LogP contribution in [0.1, 0.15) is 36.9 Å². The second-order valence-corrected chi connectivity index (χ2v) is 8.31. The van der Waals surface area contributed by atoms with E-state index < -0.39 is 6.09 Å². The number of fused-ring (bicyclic) bond motifs is 3.